The number of pyridine rings is 2. The molecule has 0 spiro atoms. The Bertz CT molecular complexity index is 4370. The second kappa shape index (κ2) is 35.5. The summed E-state index contributed by atoms with van der Waals surface area (Å²) >= 11 is 0. The highest BCUT2D eigenvalue weighted by atomic mass is 32.2. The first kappa shape index (κ1) is 85.3. The first-order chi connectivity index (χ1) is 52.4. The zero-order chi connectivity index (χ0) is 80.5. The number of carboxylic acids is 1. The van der Waals surface area contributed by atoms with Crippen molar-refractivity contribution < 1.29 is 97.1 Å². The highest BCUT2D eigenvalue weighted by Crippen LogP contribution is 2.59. The summed E-state index contributed by atoms with van der Waals surface area (Å²) in [5.74, 6) is -3.96. The zero-order valence-corrected chi connectivity index (χ0v) is 67.4. The Labute approximate surface area is 652 Å². The molecule has 0 radical (unpaired) electrons. The van der Waals surface area contributed by atoms with E-state index in [9.17, 15) is 60.3 Å². The summed E-state index contributed by atoms with van der Waals surface area (Å²) in [6.07, 6.45) is 23.3. The molecule has 0 bridgehead atoms. The van der Waals surface area contributed by atoms with Crippen molar-refractivity contribution in [3.63, 3.8) is 0 Å². The number of rotatable bonds is 21. The second-order valence-electron chi connectivity index (χ2n) is 33.4. The van der Waals surface area contributed by atoms with Gasteiger partial charge in [0.25, 0.3) is 0 Å². The third kappa shape index (κ3) is 22.9. The summed E-state index contributed by atoms with van der Waals surface area (Å²) in [6.45, 7) is 14.8. The van der Waals surface area contributed by atoms with Gasteiger partial charge >= 0.3 is 38.5 Å². The number of benzene rings is 2. The largest absolute Gasteiger partial charge is 0.497 e. The lowest BCUT2D eigenvalue weighted by molar-refractivity contribution is -0.159. The van der Waals surface area contributed by atoms with Crippen LogP contribution in [0.2, 0.25) is 0 Å². The van der Waals surface area contributed by atoms with Gasteiger partial charge in [-0.2, -0.15) is 16.8 Å². The van der Waals surface area contributed by atoms with Crippen molar-refractivity contribution in [2.45, 2.75) is 269 Å². The minimum absolute atomic E-state index is 0.0541. The summed E-state index contributed by atoms with van der Waals surface area (Å²) in [4.78, 5) is 122. The fourth-order valence-electron chi connectivity index (χ4n) is 16.1. The Balaban J connectivity index is 0.000000210. The summed E-state index contributed by atoms with van der Waals surface area (Å²) in [5, 5.41) is 18.1. The Morgan fingerprint density at radius 1 is 0.595 bits per heavy atom. The van der Waals surface area contributed by atoms with Crippen LogP contribution in [-0.4, -0.2) is 163 Å². The highest BCUT2D eigenvalue weighted by Gasteiger charge is 2.63. The number of carbonyl (C=O) groups is 8. The highest BCUT2D eigenvalue weighted by molar-refractivity contribution is 7.85. The molecule has 10 atom stereocenters. The first-order valence-electron chi connectivity index (χ1n) is 39.3. The predicted molar refractivity (Wildman–Crippen MR) is 412 cm³/mol. The number of nitrogens with one attached hydrogen (secondary N) is 1. The van der Waals surface area contributed by atoms with E-state index in [4.69, 9.17) is 41.9 Å². The summed E-state index contributed by atoms with van der Waals surface area (Å²) < 4.78 is 94.5. The van der Waals surface area contributed by atoms with Crippen molar-refractivity contribution >= 4 is 89.3 Å². The maximum absolute atomic E-state index is 14.6. The van der Waals surface area contributed by atoms with Gasteiger partial charge in [0, 0.05) is 60.7 Å². The number of nitrogens with zero attached hydrogens (tertiary/aromatic N) is 4. The molecule has 4 aliphatic heterocycles. The number of carboxylic acid groups (broad SMARTS) is 1. The molecule has 111 heavy (non-hydrogen) atoms. The van der Waals surface area contributed by atoms with Gasteiger partial charge in [-0.15, -0.1) is 0 Å². The Kier molecular flexibility index (Phi) is 27.3. The number of ether oxygens (including phenoxy) is 6. The number of esters is 2. The number of allylic oxidation sites excluding steroid dienone is 4. The standard InChI is InChI=1S/C41H55N3O10S.C35H44N2O8.C6H13NO3S/c1-6-17-40(18-19-40)54-55(49,50)43-38(48)41-24-29(41)13-11-9-7-8-10-12-28(22-35(46)53-39(2,3)4)37(47)44-26-31(23-33(44)34(45)25-41)52-36-32-15-14-30(51-5)21-27(32)16-20-42-36;1-34(2,3)45-30(39)17-23-10-8-6-5-7-9-11-24-19-35(24,33(41)42)20-29(38)28-18-26(21-37(28)32(23)40)44-31-27-13-12-25(43-4)16-22(27)14-15-36-31;1-2-3-6(4-5-6)10-11(7,8)9/h11,13-16,20-21,28-29,31,33H,6-10,12,17-19,22-26H2,1-5H3,(H,43,48);9,11-16,23-24,26,28H,5-8,10,17-21H2,1-4H3,(H,41,42);2-5H2,1H3,(H2,7,8,9)/b13-11-;11-9-;/t28-,29-,31-,33+,41-;23-,24-,26-,28+,35-;/m11./s1. The smallest absolute Gasteiger partial charge is 0.362 e. The number of ketones is 2. The fraction of sp³-hybridized carbons (Fsp3) is 0.634. The van der Waals surface area contributed by atoms with E-state index < -0.39 is 114 Å². The van der Waals surface area contributed by atoms with Crippen molar-refractivity contribution in [1.29, 1.82) is 0 Å². The van der Waals surface area contributed by atoms with Gasteiger partial charge in [0.15, 0.2) is 11.6 Å². The van der Waals surface area contributed by atoms with Gasteiger partial charge in [0.1, 0.15) is 34.9 Å². The zero-order valence-electron chi connectivity index (χ0n) is 65.8. The molecule has 4 N–H and O–H groups in total. The van der Waals surface area contributed by atoms with Gasteiger partial charge in [-0.1, -0.05) is 76.7 Å². The number of carbonyl (C=O) groups excluding carboxylic acids is 7. The Hall–Kier alpha value is -8.12. The van der Waals surface area contributed by atoms with Crippen LogP contribution in [0.25, 0.3) is 21.5 Å². The Morgan fingerprint density at radius 2 is 1.02 bits per heavy atom. The van der Waals surface area contributed by atoms with Crippen LogP contribution in [0.1, 0.15) is 222 Å². The number of methoxy groups -OCH3 is 2. The van der Waals surface area contributed by atoms with E-state index in [0.717, 1.165) is 98.6 Å². The second-order valence-corrected chi connectivity index (χ2v) is 35.8. The molecule has 4 aromatic rings. The lowest BCUT2D eigenvalue weighted by atomic mass is 9.90. The quantitative estimate of drug-likeness (QED) is 0.0515. The molecule has 0 unspecified atom stereocenters. The third-order valence-corrected chi connectivity index (χ3v) is 23.8. The van der Waals surface area contributed by atoms with E-state index in [2.05, 4.69) is 14.7 Å². The van der Waals surface area contributed by atoms with Crippen LogP contribution >= 0.6 is 0 Å². The van der Waals surface area contributed by atoms with Gasteiger partial charge in [-0.25, -0.2) is 24.0 Å². The molecule has 6 heterocycles. The molecular weight excluding hydrogens is 1470 g/mol. The molecule has 608 valence electrons. The van der Waals surface area contributed by atoms with Gasteiger partial charge in [-0.3, -0.25) is 42.5 Å². The van der Waals surface area contributed by atoms with Gasteiger partial charge in [0.05, 0.1) is 74.3 Å². The molecule has 12 rings (SSSR count). The summed E-state index contributed by atoms with van der Waals surface area (Å²) in [7, 11) is -5.01. The van der Waals surface area contributed by atoms with E-state index in [1.807, 2.05) is 80.6 Å². The van der Waals surface area contributed by atoms with Crippen molar-refractivity contribution in [3.05, 3.63) is 85.2 Å². The van der Waals surface area contributed by atoms with E-state index in [1.54, 1.807) is 74.2 Å². The lowest BCUT2D eigenvalue weighted by Gasteiger charge is -2.29. The number of Topliss-reactive ketones (excluding diaryl/α,β-unsaturated/α-hetero) is 2. The number of fused-ring (bicyclic) bond motifs is 6. The van der Waals surface area contributed by atoms with Crippen molar-refractivity contribution in [2.24, 2.45) is 39.6 Å². The summed E-state index contributed by atoms with van der Waals surface area (Å²) in [6, 6.07) is 12.9. The van der Waals surface area contributed by atoms with E-state index >= 15 is 0 Å². The molecule has 8 aliphatic rings. The number of aromatic nitrogens is 2. The van der Waals surface area contributed by atoms with E-state index in [1.165, 1.54) is 9.80 Å². The number of amides is 3. The number of hydrogen-bond donors (Lipinski definition) is 3. The summed E-state index contributed by atoms with van der Waals surface area (Å²) in [5.41, 5.74) is -5.14. The molecule has 2 aromatic carbocycles. The van der Waals surface area contributed by atoms with Crippen molar-refractivity contribution in [1.82, 2.24) is 24.5 Å². The molecule has 2 saturated heterocycles. The SMILES string of the molecule is CCCC1(OS(=O)(=O)NC(=O)[C@]23CC(=O)[C@@H]4C[C@@H](Oc5nccc6cc(OC)ccc56)CN4C(=O)[C@@H](CC(=O)OC(C)(C)C)CCCCC/C=C\[C@@H]2C3)CC1.CCCC1(OS(N)(=O)=O)CC1.COc1ccc2c(O[C@@H]3C[C@H]4C(=O)C[C@]5(C(=O)O)C[C@H]5/C=C\CCCCC[C@H](CC(=O)OC(C)(C)C)C(=O)N4C3)nccc2c1. The topological polar surface area (TPSA) is 369 Å². The fourth-order valence-corrected chi connectivity index (χ4v) is 18.0. The van der Waals surface area contributed by atoms with E-state index in [-0.39, 0.29) is 93.3 Å². The average Bonchev–Trinajstić information content (AvgIpc) is 1.57. The van der Waals surface area contributed by atoms with Crippen LogP contribution in [0.5, 0.6) is 23.3 Å². The minimum atomic E-state index is -4.44. The van der Waals surface area contributed by atoms with Gasteiger partial charge in [-0.05, 0) is 203 Å². The van der Waals surface area contributed by atoms with Crippen LogP contribution in [0.4, 0.5) is 0 Å². The third-order valence-electron chi connectivity index (χ3n) is 22.2. The minimum Gasteiger partial charge on any atom is -0.497 e. The predicted octanol–water partition coefficient (Wildman–Crippen LogP) is 12.2. The Morgan fingerprint density at radius 3 is 1.42 bits per heavy atom. The molecule has 6 fully saturated rings. The number of aliphatic carboxylic acids is 1. The molecular formula is C82H112N6O21S2. The molecule has 29 heteroatoms. The number of nitrogens with two attached hydrogens (primary N) is 1. The van der Waals surface area contributed by atoms with E-state index in [0.29, 0.717) is 68.2 Å². The normalized spacial score (nSPS) is 27.3. The van der Waals surface area contributed by atoms with Crippen molar-refractivity contribution in [2.75, 3.05) is 27.3 Å². The maximum atomic E-state index is 14.6. The maximum Gasteiger partial charge on any atom is 0.362 e. The molecule has 4 aliphatic carbocycles. The lowest BCUT2D eigenvalue weighted by Crippen LogP contribution is -2.46. The van der Waals surface area contributed by atoms with Gasteiger partial charge < -0.3 is 43.3 Å². The van der Waals surface area contributed by atoms with Crippen LogP contribution in [-0.2, 0) is 76.8 Å². The molecule has 27 nitrogen and oxygen atoms in total. The molecule has 3 amide bonds. The van der Waals surface area contributed by atoms with Gasteiger partial charge in [0.2, 0.25) is 29.5 Å². The monoisotopic (exact) mass is 1580 g/mol. The van der Waals surface area contributed by atoms with Crippen LogP contribution in [0.3, 0.4) is 0 Å². The first-order valence-corrected chi connectivity index (χ1v) is 42.2. The number of hydrogen-bond acceptors (Lipinski definition) is 22. The van der Waals surface area contributed by atoms with Crippen molar-refractivity contribution in [3.8, 4) is 23.3 Å². The molecule has 2 aromatic heterocycles. The van der Waals surface area contributed by atoms with Crippen LogP contribution < -0.4 is 28.8 Å². The van der Waals surface area contributed by atoms with Crippen LogP contribution in [0.15, 0.2) is 85.2 Å². The molecule has 4 saturated carbocycles. The van der Waals surface area contributed by atoms with Crippen LogP contribution in [0, 0.1) is 34.5 Å². The average molecular weight is 1580 g/mol.